The monoisotopic (exact) mass is 458 g/mol. The zero-order valence-electron chi connectivity index (χ0n) is 20.9. The molecule has 1 atom stereocenters. The van der Waals surface area contributed by atoms with Gasteiger partial charge in [-0.3, -0.25) is 4.79 Å². The van der Waals surface area contributed by atoms with Gasteiger partial charge in [0.25, 0.3) is 0 Å². The summed E-state index contributed by atoms with van der Waals surface area (Å²) in [6.07, 6.45) is 12.8. The number of benzene rings is 1. The molecular formula is C27H42N2O4. The molecule has 2 rings (SSSR count). The molecular weight excluding hydrogens is 416 g/mol. The SMILES string of the molecule is CCCC1CCCCN1C(=O)Oc1ccc(CNC(=O)CCCC/C=C/C(C)C)cc1OC. The highest BCUT2D eigenvalue weighted by atomic mass is 16.6. The minimum Gasteiger partial charge on any atom is -0.493 e. The van der Waals surface area contributed by atoms with Crippen LogP contribution >= 0.6 is 0 Å². The predicted octanol–water partition coefficient (Wildman–Crippen LogP) is 6.24. The quantitative estimate of drug-likeness (QED) is 0.297. The van der Waals surface area contributed by atoms with Crippen LogP contribution in [0.3, 0.4) is 0 Å². The Morgan fingerprint density at radius 2 is 2.03 bits per heavy atom. The third-order valence-electron chi connectivity index (χ3n) is 5.94. The second kappa shape index (κ2) is 14.6. The number of rotatable bonds is 12. The first kappa shape index (κ1) is 26.7. The Balaban J connectivity index is 1.83. The van der Waals surface area contributed by atoms with Gasteiger partial charge in [-0.05, 0) is 68.6 Å². The van der Waals surface area contributed by atoms with E-state index in [0.29, 0.717) is 30.4 Å². The van der Waals surface area contributed by atoms with E-state index >= 15 is 0 Å². The zero-order chi connectivity index (χ0) is 24.1. The van der Waals surface area contributed by atoms with Crippen LogP contribution in [0.5, 0.6) is 11.5 Å². The Labute approximate surface area is 199 Å². The molecule has 1 heterocycles. The maximum Gasteiger partial charge on any atom is 0.415 e. The normalized spacial score (nSPS) is 16.3. The fraction of sp³-hybridized carbons (Fsp3) is 0.630. The van der Waals surface area contributed by atoms with Gasteiger partial charge in [-0.2, -0.15) is 0 Å². The summed E-state index contributed by atoms with van der Waals surface area (Å²) in [5, 5.41) is 2.96. The van der Waals surface area contributed by atoms with E-state index in [0.717, 1.165) is 63.5 Å². The van der Waals surface area contributed by atoms with Gasteiger partial charge < -0.3 is 19.7 Å². The molecule has 0 aliphatic carbocycles. The fourth-order valence-electron chi connectivity index (χ4n) is 4.14. The van der Waals surface area contributed by atoms with Crippen molar-refractivity contribution in [3.8, 4) is 11.5 Å². The largest absolute Gasteiger partial charge is 0.493 e. The van der Waals surface area contributed by atoms with E-state index in [4.69, 9.17) is 9.47 Å². The minimum atomic E-state index is -0.309. The number of methoxy groups -OCH3 is 1. The van der Waals surface area contributed by atoms with Crippen molar-refractivity contribution in [2.75, 3.05) is 13.7 Å². The molecule has 1 fully saturated rings. The highest BCUT2D eigenvalue weighted by Gasteiger charge is 2.28. The van der Waals surface area contributed by atoms with Gasteiger partial charge in [-0.1, -0.05) is 45.4 Å². The number of hydrogen-bond acceptors (Lipinski definition) is 4. The van der Waals surface area contributed by atoms with Gasteiger partial charge in [0.1, 0.15) is 0 Å². The third-order valence-corrected chi connectivity index (χ3v) is 5.94. The number of nitrogens with zero attached hydrogens (tertiary/aromatic N) is 1. The first-order chi connectivity index (χ1) is 15.9. The van der Waals surface area contributed by atoms with Gasteiger partial charge in [0.05, 0.1) is 7.11 Å². The molecule has 1 aromatic carbocycles. The molecule has 184 valence electrons. The van der Waals surface area contributed by atoms with Gasteiger partial charge >= 0.3 is 6.09 Å². The topological polar surface area (TPSA) is 67.9 Å². The molecule has 0 radical (unpaired) electrons. The second-order valence-electron chi connectivity index (χ2n) is 9.18. The molecule has 1 aromatic rings. The molecule has 6 nitrogen and oxygen atoms in total. The first-order valence-electron chi connectivity index (χ1n) is 12.5. The second-order valence-corrected chi connectivity index (χ2v) is 9.18. The molecule has 1 saturated heterocycles. The molecule has 1 unspecified atom stereocenters. The first-order valence-corrected chi connectivity index (χ1v) is 12.5. The van der Waals surface area contributed by atoms with E-state index in [1.54, 1.807) is 13.2 Å². The number of likely N-dealkylation sites (tertiary alicyclic amines) is 1. The number of unbranched alkanes of at least 4 members (excludes halogenated alkanes) is 2. The summed E-state index contributed by atoms with van der Waals surface area (Å²) in [6, 6.07) is 5.68. The Bertz CT molecular complexity index is 773. The fourth-order valence-corrected chi connectivity index (χ4v) is 4.14. The van der Waals surface area contributed by atoms with Crippen molar-refractivity contribution in [2.24, 2.45) is 5.92 Å². The van der Waals surface area contributed by atoms with Crippen molar-refractivity contribution in [3.05, 3.63) is 35.9 Å². The van der Waals surface area contributed by atoms with Gasteiger partial charge in [0.15, 0.2) is 11.5 Å². The smallest absolute Gasteiger partial charge is 0.415 e. The molecule has 0 aromatic heterocycles. The van der Waals surface area contributed by atoms with Crippen molar-refractivity contribution in [2.45, 2.75) is 91.1 Å². The molecule has 0 bridgehead atoms. The number of piperidine rings is 1. The highest BCUT2D eigenvalue weighted by molar-refractivity contribution is 5.76. The van der Waals surface area contributed by atoms with Crippen LogP contribution in [0.25, 0.3) is 0 Å². The van der Waals surface area contributed by atoms with Crippen LogP contribution in [0.2, 0.25) is 0 Å². The van der Waals surface area contributed by atoms with Crippen LogP contribution in [0.4, 0.5) is 4.79 Å². The Morgan fingerprint density at radius 1 is 1.21 bits per heavy atom. The van der Waals surface area contributed by atoms with Crippen molar-refractivity contribution < 1.29 is 19.1 Å². The highest BCUT2D eigenvalue weighted by Crippen LogP contribution is 2.30. The summed E-state index contributed by atoms with van der Waals surface area (Å²) < 4.78 is 11.2. The van der Waals surface area contributed by atoms with Gasteiger partial charge in [0.2, 0.25) is 5.91 Å². The molecule has 1 aliphatic heterocycles. The minimum absolute atomic E-state index is 0.0457. The standard InChI is InChI=1S/C27H42N2O4/c1-5-12-23-14-10-11-18-29(23)27(31)33-24-17-16-22(19-25(24)32-4)20-28-26(30)15-9-7-6-8-13-21(2)3/h8,13,16-17,19,21,23H,5-7,9-12,14-15,18,20H2,1-4H3,(H,28,30)/b13-8+. The summed E-state index contributed by atoms with van der Waals surface area (Å²) in [4.78, 5) is 26.8. The lowest BCUT2D eigenvalue weighted by Gasteiger charge is -2.34. The Kier molecular flexibility index (Phi) is 11.8. The Morgan fingerprint density at radius 3 is 2.76 bits per heavy atom. The van der Waals surface area contributed by atoms with Gasteiger partial charge in [-0.25, -0.2) is 4.79 Å². The van der Waals surface area contributed by atoms with Crippen molar-refractivity contribution in [1.82, 2.24) is 10.2 Å². The van der Waals surface area contributed by atoms with Crippen LogP contribution in [0.15, 0.2) is 30.4 Å². The van der Waals surface area contributed by atoms with Crippen LogP contribution in [0.1, 0.15) is 84.1 Å². The van der Waals surface area contributed by atoms with Crippen LogP contribution in [-0.2, 0) is 11.3 Å². The maximum atomic E-state index is 12.8. The third kappa shape index (κ3) is 9.48. The van der Waals surface area contributed by atoms with Crippen molar-refractivity contribution in [1.29, 1.82) is 0 Å². The summed E-state index contributed by atoms with van der Waals surface area (Å²) >= 11 is 0. The average Bonchev–Trinajstić information content (AvgIpc) is 2.81. The van der Waals surface area contributed by atoms with Crippen LogP contribution in [-0.4, -0.2) is 36.6 Å². The molecule has 6 heteroatoms. The van der Waals surface area contributed by atoms with Gasteiger partial charge in [0, 0.05) is 25.6 Å². The van der Waals surface area contributed by atoms with Crippen molar-refractivity contribution >= 4 is 12.0 Å². The molecule has 0 spiro atoms. The molecule has 0 saturated carbocycles. The van der Waals surface area contributed by atoms with Crippen molar-refractivity contribution in [3.63, 3.8) is 0 Å². The number of amides is 2. The number of carbonyl (C=O) groups excluding carboxylic acids is 2. The van der Waals surface area contributed by atoms with E-state index in [1.165, 1.54) is 0 Å². The molecule has 2 amide bonds. The van der Waals surface area contributed by atoms with E-state index in [1.807, 2.05) is 17.0 Å². The van der Waals surface area contributed by atoms with Gasteiger partial charge in [-0.15, -0.1) is 0 Å². The number of carbonyl (C=O) groups is 2. The lowest BCUT2D eigenvalue weighted by atomic mass is 9.99. The average molecular weight is 459 g/mol. The van der Waals surface area contributed by atoms with E-state index < -0.39 is 0 Å². The summed E-state index contributed by atoms with van der Waals surface area (Å²) in [6.45, 7) is 7.62. The van der Waals surface area contributed by atoms with E-state index in [9.17, 15) is 9.59 Å². The predicted molar refractivity (Wildman–Crippen MR) is 133 cm³/mol. The number of allylic oxidation sites excluding steroid dienone is 2. The van der Waals surface area contributed by atoms with E-state index in [2.05, 4.69) is 38.2 Å². The van der Waals surface area contributed by atoms with Crippen LogP contribution < -0.4 is 14.8 Å². The number of ether oxygens (including phenoxy) is 2. The van der Waals surface area contributed by atoms with E-state index in [-0.39, 0.29) is 18.0 Å². The molecule has 1 aliphatic rings. The maximum absolute atomic E-state index is 12.8. The lowest BCUT2D eigenvalue weighted by Crippen LogP contribution is -2.45. The summed E-state index contributed by atoms with van der Waals surface area (Å²) in [5.41, 5.74) is 0.904. The number of nitrogens with one attached hydrogen (secondary N) is 1. The summed E-state index contributed by atoms with van der Waals surface area (Å²) in [7, 11) is 1.56. The molecule has 1 N–H and O–H groups in total. The molecule has 33 heavy (non-hydrogen) atoms. The lowest BCUT2D eigenvalue weighted by molar-refractivity contribution is -0.121. The Hall–Kier alpha value is -2.50. The van der Waals surface area contributed by atoms with Crippen LogP contribution in [0, 0.1) is 5.92 Å². The summed E-state index contributed by atoms with van der Waals surface area (Å²) in [5.74, 6) is 1.52. The number of hydrogen-bond donors (Lipinski definition) is 1. The zero-order valence-corrected chi connectivity index (χ0v) is 20.9.